The lowest BCUT2D eigenvalue weighted by Crippen LogP contribution is -2.29. The number of nitrogens with zero attached hydrogens (tertiary/aromatic N) is 2. The first kappa shape index (κ1) is 57.7. The van der Waals surface area contributed by atoms with E-state index in [-0.39, 0.29) is 0 Å². The molecular weight excluding hydrogens is 1150 g/mol. The van der Waals surface area contributed by atoms with E-state index in [4.69, 9.17) is 8.83 Å². The van der Waals surface area contributed by atoms with Crippen molar-refractivity contribution in [1.29, 1.82) is 0 Å². The van der Waals surface area contributed by atoms with Crippen LogP contribution in [0.3, 0.4) is 0 Å². The van der Waals surface area contributed by atoms with E-state index in [1.807, 2.05) is 0 Å². The van der Waals surface area contributed by atoms with Crippen molar-refractivity contribution in [3.8, 4) is 33.4 Å². The third kappa shape index (κ3) is 9.02. The summed E-state index contributed by atoms with van der Waals surface area (Å²) in [6, 6.07) is 109. The van der Waals surface area contributed by atoms with Crippen LogP contribution in [0.15, 0.2) is 300 Å². The summed E-state index contributed by atoms with van der Waals surface area (Å²) in [6.45, 7) is 13.6. The summed E-state index contributed by atoms with van der Waals surface area (Å²) in [5.74, 6) is 0.696. The summed E-state index contributed by atoms with van der Waals surface area (Å²) in [4.78, 5) is 4.99. The Hall–Kier alpha value is -11.2. The second-order valence-corrected chi connectivity index (χ2v) is 26.3. The van der Waals surface area contributed by atoms with Gasteiger partial charge in [0.15, 0.2) is 11.2 Å². The molecule has 0 aliphatic heterocycles. The van der Waals surface area contributed by atoms with E-state index in [0.717, 1.165) is 113 Å². The molecule has 4 nitrogen and oxygen atoms in total. The lowest BCUT2D eigenvalue weighted by Gasteiger charge is -2.36. The number of para-hydroxylation sites is 4. The number of benzene rings is 14. The standard InChI is InChI=1S/C91H72N2O2/c1-7-59-27-15-17-33-67(59)73-39-23-41-75-77-43-25-45-81(89(77)94-87(73)75)92(65-51-47-61(48-52-65)57(3)4)83-55-79-85(71-37-21-19-35-69(71)83)86-72-38-22-20-36-70(72)84(56-80(86)91(79,63-29-11-9-12-30-63)64-31-13-10-14-32-64)93(66-53-49-62(50-54-66)58(5)6)82-46-26-44-78-76-42-24-40-74(88(76)95-90(78)82)68-34-18-16-28-60(68)8-2/h9-58H,7-8H2,1-6H3. The van der Waals surface area contributed by atoms with Crippen molar-refractivity contribution in [3.05, 3.63) is 336 Å². The molecule has 0 saturated carbocycles. The van der Waals surface area contributed by atoms with Crippen LogP contribution >= 0.6 is 0 Å². The van der Waals surface area contributed by atoms with Gasteiger partial charge in [0.25, 0.3) is 0 Å². The van der Waals surface area contributed by atoms with Crippen LogP contribution in [-0.2, 0) is 18.3 Å². The van der Waals surface area contributed by atoms with Crippen molar-refractivity contribution in [2.45, 2.75) is 71.6 Å². The Labute approximate surface area is 555 Å². The van der Waals surface area contributed by atoms with Gasteiger partial charge in [0.1, 0.15) is 11.2 Å². The van der Waals surface area contributed by atoms with Gasteiger partial charge in [-0.15, -0.1) is 0 Å². The average molecular weight is 1230 g/mol. The largest absolute Gasteiger partial charge is 0.453 e. The molecule has 1 aliphatic rings. The third-order valence-electron chi connectivity index (χ3n) is 20.5. The van der Waals surface area contributed by atoms with Gasteiger partial charge >= 0.3 is 0 Å². The number of hydrogen-bond acceptors (Lipinski definition) is 4. The maximum atomic E-state index is 7.49. The summed E-state index contributed by atoms with van der Waals surface area (Å²) in [5, 5.41) is 8.92. The molecule has 0 amide bonds. The highest BCUT2D eigenvalue weighted by Crippen LogP contribution is 2.63. The minimum Gasteiger partial charge on any atom is -0.453 e. The van der Waals surface area contributed by atoms with Crippen LogP contribution in [0.4, 0.5) is 34.1 Å². The van der Waals surface area contributed by atoms with Gasteiger partial charge in [0.2, 0.25) is 0 Å². The van der Waals surface area contributed by atoms with Crippen molar-refractivity contribution in [1.82, 2.24) is 0 Å². The molecule has 2 heterocycles. The fourth-order valence-corrected chi connectivity index (χ4v) is 15.9. The Bertz CT molecular complexity index is 5290. The summed E-state index contributed by atoms with van der Waals surface area (Å²) in [6.07, 6.45) is 1.83. The molecule has 16 aromatic rings. The number of furan rings is 2. The first-order valence-electron chi connectivity index (χ1n) is 33.8. The number of fused-ring (bicyclic) bond motifs is 13. The lowest BCUT2D eigenvalue weighted by atomic mass is 9.67. The normalized spacial score (nSPS) is 12.7. The maximum Gasteiger partial charge on any atom is 0.159 e. The quantitative estimate of drug-likeness (QED) is 0.109. The van der Waals surface area contributed by atoms with Gasteiger partial charge < -0.3 is 18.6 Å². The zero-order valence-corrected chi connectivity index (χ0v) is 54.5. The SMILES string of the molecule is CCc1ccccc1-c1cccc2c1oc1c(N(c3ccc(C(C)C)cc3)c3cc4c(c5ccccc35)-c3c(cc(N(c5ccc(C(C)C)cc5)c5cccc6c5oc5c(-c7ccccc7CC)cccc56)c5ccccc35)C4(c3ccccc3)c3ccccc3)cccc12. The third-order valence-corrected chi connectivity index (χ3v) is 20.5. The molecule has 0 atom stereocenters. The number of hydrogen-bond donors (Lipinski definition) is 0. The second kappa shape index (κ2) is 23.1. The van der Waals surface area contributed by atoms with E-state index in [1.165, 1.54) is 77.5 Å². The van der Waals surface area contributed by atoms with Crippen LogP contribution in [0, 0.1) is 0 Å². The predicted octanol–water partition coefficient (Wildman–Crippen LogP) is 25.8. The van der Waals surface area contributed by atoms with E-state index in [9.17, 15) is 0 Å². The van der Waals surface area contributed by atoms with Crippen molar-refractivity contribution in [2.75, 3.05) is 9.80 Å². The molecule has 0 radical (unpaired) electrons. The van der Waals surface area contributed by atoms with Crippen LogP contribution in [0.5, 0.6) is 0 Å². The van der Waals surface area contributed by atoms with E-state index < -0.39 is 5.41 Å². The van der Waals surface area contributed by atoms with E-state index >= 15 is 0 Å². The molecule has 458 valence electrons. The van der Waals surface area contributed by atoms with Crippen LogP contribution in [-0.4, -0.2) is 0 Å². The van der Waals surface area contributed by atoms with Gasteiger partial charge in [-0.3, -0.25) is 0 Å². The van der Waals surface area contributed by atoms with Crippen LogP contribution < -0.4 is 9.80 Å². The van der Waals surface area contributed by atoms with Crippen molar-refractivity contribution < 1.29 is 8.83 Å². The molecule has 0 fully saturated rings. The molecule has 14 aromatic carbocycles. The monoisotopic (exact) mass is 1220 g/mol. The van der Waals surface area contributed by atoms with E-state index in [0.29, 0.717) is 11.8 Å². The molecule has 0 bridgehead atoms. The lowest BCUT2D eigenvalue weighted by molar-refractivity contribution is 0.669. The fourth-order valence-electron chi connectivity index (χ4n) is 15.9. The van der Waals surface area contributed by atoms with Gasteiger partial charge in [-0.25, -0.2) is 0 Å². The van der Waals surface area contributed by atoms with Crippen molar-refractivity contribution in [2.24, 2.45) is 0 Å². The molecule has 95 heavy (non-hydrogen) atoms. The highest BCUT2D eigenvalue weighted by atomic mass is 16.3. The molecule has 4 heteroatoms. The second-order valence-electron chi connectivity index (χ2n) is 26.3. The van der Waals surface area contributed by atoms with Gasteiger partial charge in [0.05, 0.1) is 28.2 Å². The average Bonchev–Trinajstić information content (AvgIpc) is 1.52. The Kier molecular flexibility index (Phi) is 14.0. The summed E-state index contributed by atoms with van der Waals surface area (Å²) < 4.78 is 15.0. The van der Waals surface area contributed by atoms with Gasteiger partial charge in [-0.05, 0) is 151 Å². The Morgan fingerprint density at radius 1 is 0.295 bits per heavy atom. The van der Waals surface area contributed by atoms with Crippen LogP contribution in [0.1, 0.15) is 97.9 Å². The van der Waals surface area contributed by atoms with Gasteiger partial charge in [0, 0.05) is 54.8 Å². The Morgan fingerprint density at radius 2 is 0.621 bits per heavy atom. The Morgan fingerprint density at radius 3 is 1.01 bits per heavy atom. The van der Waals surface area contributed by atoms with Gasteiger partial charge in [-0.1, -0.05) is 284 Å². The van der Waals surface area contributed by atoms with Gasteiger partial charge in [-0.2, -0.15) is 0 Å². The van der Waals surface area contributed by atoms with Crippen LogP contribution in [0.2, 0.25) is 0 Å². The minimum atomic E-state index is -0.870. The number of anilines is 6. The van der Waals surface area contributed by atoms with Crippen molar-refractivity contribution >= 4 is 99.5 Å². The summed E-state index contributed by atoms with van der Waals surface area (Å²) in [5.41, 5.74) is 25.6. The fraction of sp³-hybridized carbons (Fsp3) is 0.121. The molecular formula is C91H72N2O2. The molecule has 17 rings (SSSR count). The molecule has 0 N–H and O–H groups in total. The molecule has 0 unspecified atom stereocenters. The molecule has 0 saturated heterocycles. The minimum absolute atomic E-state index is 0.348. The Balaban J connectivity index is 0.981. The smallest absolute Gasteiger partial charge is 0.159 e. The maximum absolute atomic E-state index is 7.49. The first-order chi connectivity index (χ1) is 46.7. The summed E-state index contributed by atoms with van der Waals surface area (Å²) in [7, 11) is 0. The van der Waals surface area contributed by atoms with E-state index in [2.05, 4.69) is 343 Å². The topological polar surface area (TPSA) is 32.8 Å². The van der Waals surface area contributed by atoms with Crippen molar-refractivity contribution in [3.63, 3.8) is 0 Å². The predicted molar refractivity (Wildman–Crippen MR) is 400 cm³/mol. The summed E-state index contributed by atoms with van der Waals surface area (Å²) >= 11 is 0. The van der Waals surface area contributed by atoms with Crippen LogP contribution in [0.25, 0.3) is 98.8 Å². The molecule has 0 spiro atoms. The zero-order valence-electron chi connectivity index (χ0n) is 54.5. The molecule has 1 aliphatic carbocycles. The number of aryl methyl sites for hydroxylation is 2. The zero-order chi connectivity index (χ0) is 64.1. The first-order valence-corrected chi connectivity index (χ1v) is 33.8. The molecule has 2 aromatic heterocycles. The highest BCUT2D eigenvalue weighted by Gasteiger charge is 2.49. The number of rotatable bonds is 14. The highest BCUT2D eigenvalue weighted by molar-refractivity contribution is 6.21. The van der Waals surface area contributed by atoms with E-state index in [1.54, 1.807) is 0 Å².